The van der Waals surface area contributed by atoms with Gasteiger partial charge in [0.05, 0.1) is 35.8 Å². The molecule has 0 unspecified atom stereocenters. The standard InChI is InChI=1S/C21H22BrN3O3/c1-24-17-7-6-14(27-2)10-15(17)16(21(26)28-3)11-23-20(24)18-8-9-19(22)25(18)12-13-4-5-13/h6-11,13H,4-5,12H2,1-3H3. The molecule has 6 nitrogen and oxygen atoms in total. The molecule has 0 spiro atoms. The van der Waals surface area contributed by atoms with Crippen molar-refractivity contribution in [3.05, 3.63) is 52.4 Å². The number of nitrogens with zero attached hydrogens (tertiary/aromatic N) is 3. The van der Waals surface area contributed by atoms with Crippen LogP contribution in [0.4, 0.5) is 5.69 Å². The Kier molecular flexibility index (Phi) is 5.02. The second-order valence-corrected chi connectivity index (χ2v) is 7.84. The summed E-state index contributed by atoms with van der Waals surface area (Å²) in [5.74, 6) is 1.74. The molecule has 1 saturated carbocycles. The zero-order valence-corrected chi connectivity index (χ0v) is 17.7. The van der Waals surface area contributed by atoms with Gasteiger partial charge >= 0.3 is 5.97 Å². The molecular formula is C21H22BrN3O3. The second kappa shape index (κ2) is 7.47. The highest BCUT2D eigenvalue weighted by Crippen LogP contribution is 2.36. The van der Waals surface area contributed by atoms with Crippen molar-refractivity contribution in [1.29, 1.82) is 0 Å². The predicted octanol–water partition coefficient (Wildman–Crippen LogP) is 4.08. The SMILES string of the molecule is COC(=O)C1=CN=C(c2ccc(Br)n2CC2CC2)N(C)c2ccc(OC)cc21. The fourth-order valence-corrected chi connectivity index (χ4v) is 3.91. The molecule has 7 heteroatoms. The molecule has 0 bridgehead atoms. The van der Waals surface area contributed by atoms with Crippen molar-refractivity contribution in [3.8, 4) is 5.75 Å². The first-order chi connectivity index (χ1) is 13.5. The third-order valence-electron chi connectivity index (χ3n) is 5.19. The first kappa shape index (κ1) is 18.8. The summed E-state index contributed by atoms with van der Waals surface area (Å²) in [5.41, 5.74) is 3.00. The minimum atomic E-state index is -0.428. The van der Waals surface area contributed by atoms with Gasteiger partial charge in [0.25, 0.3) is 0 Å². The zero-order valence-electron chi connectivity index (χ0n) is 16.1. The molecule has 0 amide bonds. The van der Waals surface area contributed by atoms with E-state index in [0.29, 0.717) is 11.3 Å². The molecule has 146 valence electrons. The average molecular weight is 444 g/mol. The van der Waals surface area contributed by atoms with E-state index in [9.17, 15) is 4.79 Å². The average Bonchev–Trinajstić information content (AvgIpc) is 3.48. The Morgan fingerprint density at radius 2 is 2.04 bits per heavy atom. The van der Waals surface area contributed by atoms with Crippen molar-refractivity contribution < 1.29 is 14.3 Å². The monoisotopic (exact) mass is 443 g/mol. The molecule has 1 aromatic heterocycles. The maximum atomic E-state index is 12.4. The molecule has 0 radical (unpaired) electrons. The Morgan fingerprint density at radius 3 is 2.71 bits per heavy atom. The summed E-state index contributed by atoms with van der Waals surface area (Å²) in [4.78, 5) is 19.1. The van der Waals surface area contributed by atoms with Gasteiger partial charge in [0, 0.05) is 25.4 Å². The van der Waals surface area contributed by atoms with Gasteiger partial charge in [0.2, 0.25) is 0 Å². The van der Waals surface area contributed by atoms with Crippen LogP contribution in [0.3, 0.4) is 0 Å². The minimum absolute atomic E-state index is 0.401. The molecule has 4 rings (SSSR count). The molecule has 2 aliphatic rings. The topological polar surface area (TPSA) is 56.1 Å². The number of esters is 1. The quantitative estimate of drug-likeness (QED) is 0.653. The van der Waals surface area contributed by atoms with Crippen LogP contribution in [0.25, 0.3) is 5.57 Å². The maximum absolute atomic E-state index is 12.4. The van der Waals surface area contributed by atoms with Crippen LogP contribution in [-0.2, 0) is 16.1 Å². The van der Waals surface area contributed by atoms with Crippen LogP contribution in [0.2, 0.25) is 0 Å². The molecule has 2 aromatic rings. The number of carbonyl (C=O) groups excluding carboxylic acids is 1. The number of hydrogen-bond acceptors (Lipinski definition) is 5. The molecule has 0 N–H and O–H groups in total. The van der Waals surface area contributed by atoms with E-state index in [1.807, 2.05) is 36.2 Å². The van der Waals surface area contributed by atoms with Crippen LogP contribution in [0.5, 0.6) is 5.75 Å². The molecule has 0 saturated heterocycles. The largest absolute Gasteiger partial charge is 0.497 e. The number of carbonyl (C=O) groups is 1. The van der Waals surface area contributed by atoms with Gasteiger partial charge in [-0.3, -0.25) is 0 Å². The van der Waals surface area contributed by atoms with E-state index in [1.54, 1.807) is 13.3 Å². The minimum Gasteiger partial charge on any atom is -0.497 e. The van der Waals surface area contributed by atoms with Gasteiger partial charge < -0.3 is 18.9 Å². The highest BCUT2D eigenvalue weighted by atomic mass is 79.9. The van der Waals surface area contributed by atoms with Crippen molar-refractivity contribution in [2.75, 3.05) is 26.2 Å². The van der Waals surface area contributed by atoms with Crippen LogP contribution in [0, 0.1) is 5.92 Å². The number of anilines is 1. The number of rotatable bonds is 5. The highest BCUT2D eigenvalue weighted by molar-refractivity contribution is 9.10. The molecule has 1 aliphatic carbocycles. The van der Waals surface area contributed by atoms with Crippen molar-refractivity contribution >= 4 is 39.0 Å². The van der Waals surface area contributed by atoms with Crippen LogP contribution < -0.4 is 9.64 Å². The van der Waals surface area contributed by atoms with E-state index in [1.165, 1.54) is 20.0 Å². The number of benzene rings is 1. The van der Waals surface area contributed by atoms with Crippen molar-refractivity contribution in [2.24, 2.45) is 10.9 Å². The van der Waals surface area contributed by atoms with Gasteiger partial charge in [-0.05, 0) is 65.0 Å². The van der Waals surface area contributed by atoms with E-state index in [2.05, 4.69) is 26.6 Å². The molecule has 2 heterocycles. The number of hydrogen-bond donors (Lipinski definition) is 0. The van der Waals surface area contributed by atoms with Gasteiger partial charge in [0.1, 0.15) is 5.75 Å². The van der Waals surface area contributed by atoms with Gasteiger partial charge in [0.15, 0.2) is 5.84 Å². The zero-order chi connectivity index (χ0) is 19.8. The van der Waals surface area contributed by atoms with Crippen LogP contribution in [0.1, 0.15) is 24.1 Å². The van der Waals surface area contributed by atoms with Gasteiger partial charge in [-0.2, -0.15) is 0 Å². The van der Waals surface area contributed by atoms with Gasteiger partial charge in [-0.25, -0.2) is 9.79 Å². The van der Waals surface area contributed by atoms with E-state index >= 15 is 0 Å². The lowest BCUT2D eigenvalue weighted by Crippen LogP contribution is -2.29. The van der Waals surface area contributed by atoms with E-state index in [-0.39, 0.29) is 0 Å². The Labute approximate surface area is 172 Å². The van der Waals surface area contributed by atoms with Crippen molar-refractivity contribution in [2.45, 2.75) is 19.4 Å². The van der Waals surface area contributed by atoms with Crippen molar-refractivity contribution in [1.82, 2.24) is 4.57 Å². The number of halogens is 1. The Hall–Kier alpha value is -2.54. The number of fused-ring (bicyclic) bond motifs is 1. The second-order valence-electron chi connectivity index (χ2n) is 7.02. The summed E-state index contributed by atoms with van der Waals surface area (Å²) in [6.45, 7) is 0.957. The fraction of sp³-hybridized carbons (Fsp3) is 0.333. The summed E-state index contributed by atoms with van der Waals surface area (Å²) in [6.07, 6.45) is 4.12. The summed E-state index contributed by atoms with van der Waals surface area (Å²) >= 11 is 3.66. The van der Waals surface area contributed by atoms with Crippen LogP contribution in [0.15, 0.2) is 46.1 Å². The number of aliphatic imine (C=N–C) groups is 1. The number of ether oxygens (including phenoxy) is 2. The lowest BCUT2D eigenvalue weighted by atomic mass is 10.0. The predicted molar refractivity (Wildman–Crippen MR) is 113 cm³/mol. The smallest absolute Gasteiger partial charge is 0.340 e. The highest BCUT2D eigenvalue weighted by Gasteiger charge is 2.28. The Morgan fingerprint density at radius 1 is 1.25 bits per heavy atom. The van der Waals surface area contributed by atoms with E-state index in [0.717, 1.165) is 39.8 Å². The summed E-state index contributed by atoms with van der Waals surface area (Å²) in [5, 5.41) is 0. The van der Waals surface area contributed by atoms with Crippen LogP contribution >= 0.6 is 15.9 Å². The molecule has 1 fully saturated rings. The van der Waals surface area contributed by atoms with E-state index < -0.39 is 5.97 Å². The molecule has 0 atom stereocenters. The number of amidine groups is 1. The summed E-state index contributed by atoms with van der Waals surface area (Å²) in [6, 6.07) is 9.76. The van der Waals surface area contributed by atoms with E-state index in [4.69, 9.17) is 14.5 Å². The Balaban J connectivity index is 1.85. The lowest BCUT2D eigenvalue weighted by Gasteiger charge is -2.24. The first-order valence-corrected chi connectivity index (χ1v) is 9.96. The maximum Gasteiger partial charge on any atom is 0.340 e. The summed E-state index contributed by atoms with van der Waals surface area (Å²) < 4.78 is 13.6. The third kappa shape index (κ3) is 3.35. The lowest BCUT2D eigenvalue weighted by molar-refractivity contribution is -0.133. The van der Waals surface area contributed by atoms with Crippen molar-refractivity contribution in [3.63, 3.8) is 0 Å². The molecule has 1 aliphatic heterocycles. The third-order valence-corrected chi connectivity index (χ3v) is 5.88. The normalized spacial score (nSPS) is 16.1. The first-order valence-electron chi connectivity index (χ1n) is 9.17. The van der Waals surface area contributed by atoms with Gasteiger partial charge in [-0.1, -0.05) is 0 Å². The van der Waals surface area contributed by atoms with Crippen LogP contribution in [-0.4, -0.2) is 37.6 Å². The Bertz CT molecular complexity index is 989. The fourth-order valence-electron chi connectivity index (χ4n) is 3.44. The van der Waals surface area contributed by atoms with Gasteiger partial charge in [-0.15, -0.1) is 0 Å². The molecule has 1 aromatic carbocycles. The summed E-state index contributed by atoms with van der Waals surface area (Å²) in [7, 11) is 4.94. The molecule has 28 heavy (non-hydrogen) atoms. The number of methoxy groups -OCH3 is 2. The number of aromatic nitrogens is 1. The molecular weight excluding hydrogens is 422 g/mol.